The highest BCUT2D eigenvalue weighted by molar-refractivity contribution is 5.95. The van der Waals surface area contributed by atoms with Gasteiger partial charge in [-0.05, 0) is 37.6 Å². The molecule has 2 aromatic rings. The fraction of sp³-hybridized carbons (Fsp3) is 0.200. The Morgan fingerprint density at radius 3 is 3.00 bits per heavy atom. The number of carbonyl (C=O) groups is 1. The van der Waals surface area contributed by atoms with Crippen molar-refractivity contribution in [2.75, 3.05) is 6.61 Å². The molecule has 2 rings (SSSR count). The number of rotatable bonds is 5. The first-order chi connectivity index (χ1) is 9.70. The second kappa shape index (κ2) is 6.56. The molecule has 0 aliphatic carbocycles. The predicted molar refractivity (Wildman–Crippen MR) is 76.1 cm³/mol. The third-order valence-corrected chi connectivity index (χ3v) is 2.65. The van der Waals surface area contributed by atoms with E-state index in [1.807, 2.05) is 31.2 Å². The number of nitrogens with zero attached hydrogens (tertiary/aromatic N) is 1. The quantitative estimate of drug-likeness (QED) is 0.672. The molecule has 0 atom stereocenters. The zero-order valence-corrected chi connectivity index (χ0v) is 11.4. The molecule has 0 unspecified atom stereocenters. The minimum atomic E-state index is -0.298. The van der Waals surface area contributed by atoms with Gasteiger partial charge in [0.25, 0.3) is 5.91 Å². The van der Waals surface area contributed by atoms with Crippen LogP contribution in [0, 0.1) is 6.92 Å². The molecule has 104 valence electrons. The summed E-state index contributed by atoms with van der Waals surface area (Å²) in [5.74, 6) is 1.04. The maximum absolute atomic E-state index is 11.8. The normalized spacial score (nSPS) is 10.7. The summed E-state index contributed by atoms with van der Waals surface area (Å²) in [5, 5.41) is 3.92. The van der Waals surface area contributed by atoms with E-state index in [2.05, 4.69) is 10.5 Å². The van der Waals surface area contributed by atoms with Gasteiger partial charge in [-0.25, -0.2) is 5.43 Å². The first-order valence-electron chi connectivity index (χ1n) is 6.31. The number of benzene rings is 1. The second-order valence-corrected chi connectivity index (χ2v) is 4.10. The smallest absolute Gasteiger partial charge is 0.274 e. The molecule has 5 nitrogen and oxygen atoms in total. The van der Waals surface area contributed by atoms with E-state index in [-0.39, 0.29) is 5.91 Å². The minimum Gasteiger partial charge on any atom is -0.494 e. The van der Waals surface area contributed by atoms with E-state index in [1.54, 1.807) is 19.2 Å². The molecule has 0 saturated carbocycles. The lowest BCUT2D eigenvalue weighted by Crippen LogP contribution is -2.17. The second-order valence-electron chi connectivity index (χ2n) is 4.10. The van der Waals surface area contributed by atoms with Gasteiger partial charge in [-0.15, -0.1) is 0 Å². The van der Waals surface area contributed by atoms with E-state index < -0.39 is 0 Å². The van der Waals surface area contributed by atoms with Crippen molar-refractivity contribution in [1.29, 1.82) is 0 Å². The molecule has 0 spiro atoms. The number of ether oxygens (including phenoxy) is 1. The van der Waals surface area contributed by atoms with Crippen molar-refractivity contribution in [2.45, 2.75) is 13.8 Å². The Morgan fingerprint density at radius 1 is 1.45 bits per heavy atom. The van der Waals surface area contributed by atoms with Crippen molar-refractivity contribution in [3.63, 3.8) is 0 Å². The van der Waals surface area contributed by atoms with Crippen molar-refractivity contribution < 1.29 is 13.9 Å². The number of hydrogen-bond donors (Lipinski definition) is 1. The number of hydrazone groups is 1. The van der Waals surface area contributed by atoms with Crippen LogP contribution in [0.25, 0.3) is 0 Å². The number of furan rings is 1. The summed E-state index contributed by atoms with van der Waals surface area (Å²) in [6.07, 6.45) is 3.04. The highest BCUT2D eigenvalue weighted by Gasteiger charge is 2.09. The Hall–Kier alpha value is -2.56. The fourth-order valence-corrected chi connectivity index (χ4v) is 1.70. The lowest BCUT2D eigenvalue weighted by Gasteiger charge is -2.03. The van der Waals surface area contributed by atoms with Crippen molar-refractivity contribution in [3.8, 4) is 5.75 Å². The number of hydrogen-bond acceptors (Lipinski definition) is 4. The van der Waals surface area contributed by atoms with Gasteiger partial charge in [0.15, 0.2) is 0 Å². The standard InChI is InChI=1S/C15H16N2O3/c1-3-19-13-6-4-5-12(9-13)10-16-17-15(18)14-7-8-20-11(14)2/h4-10H,3H2,1-2H3,(H,17,18). The first kappa shape index (κ1) is 13.9. The van der Waals surface area contributed by atoms with Gasteiger partial charge in [0.2, 0.25) is 0 Å². The molecule has 0 fully saturated rings. The molecule has 0 radical (unpaired) electrons. The molecular weight excluding hydrogens is 256 g/mol. The zero-order valence-electron chi connectivity index (χ0n) is 11.4. The van der Waals surface area contributed by atoms with Crippen LogP contribution in [0.2, 0.25) is 0 Å². The Morgan fingerprint density at radius 2 is 2.30 bits per heavy atom. The Labute approximate surface area is 117 Å². The Balaban J connectivity index is 1.98. The summed E-state index contributed by atoms with van der Waals surface area (Å²) in [7, 11) is 0. The van der Waals surface area contributed by atoms with Crippen LogP contribution in [0.5, 0.6) is 5.75 Å². The zero-order chi connectivity index (χ0) is 14.4. The van der Waals surface area contributed by atoms with Crippen LogP contribution in [0.4, 0.5) is 0 Å². The SMILES string of the molecule is CCOc1cccc(C=NNC(=O)c2ccoc2C)c1. The molecular formula is C15H16N2O3. The first-order valence-corrected chi connectivity index (χ1v) is 6.31. The van der Waals surface area contributed by atoms with Crippen molar-refractivity contribution in [1.82, 2.24) is 5.43 Å². The van der Waals surface area contributed by atoms with E-state index in [0.29, 0.717) is 17.9 Å². The van der Waals surface area contributed by atoms with Crippen LogP contribution in [0.15, 0.2) is 46.1 Å². The van der Waals surface area contributed by atoms with Gasteiger partial charge in [-0.1, -0.05) is 12.1 Å². The molecule has 0 bridgehead atoms. The van der Waals surface area contributed by atoms with E-state index in [1.165, 1.54) is 6.26 Å². The summed E-state index contributed by atoms with van der Waals surface area (Å²) in [6.45, 7) is 4.26. The maximum Gasteiger partial charge on any atom is 0.274 e. The van der Waals surface area contributed by atoms with Crippen LogP contribution in [0.3, 0.4) is 0 Å². The van der Waals surface area contributed by atoms with Gasteiger partial charge in [0.1, 0.15) is 11.5 Å². The van der Waals surface area contributed by atoms with Gasteiger partial charge in [0, 0.05) is 0 Å². The molecule has 20 heavy (non-hydrogen) atoms. The number of carbonyl (C=O) groups excluding carboxylic acids is 1. The average Bonchev–Trinajstić information content (AvgIpc) is 2.86. The van der Waals surface area contributed by atoms with Crippen molar-refractivity contribution in [3.05, 3.63) is 53.5 Å². The lowest BCUT2D eigenvalue weighted by atomic mass is 10.2. The molecule has 0 aliphatic rings. The van der Waals surface area contributed by atoms with Crippen molar-refractivity contribution in [2.24, 2.45) is 5.10 Å². The fourth-order valence-electron chi connectivity index (χ4n) is 1.70. The highest BCUT2D eigenvalue weighted by atomic mass is 16.5. The number of aryl methyl sites for hydroxylation is 1. The topological polar surface area (TPSA) is 63.8 Å². The lowest BCUT2D eigenvalue weighted by molar-refractivity contribution is 0.0953. The average molecular weight is 272 g/mol. The summed E-state index contributed by atoms with van der Waals surface area (Å²) >= 11 is 0. The Kier molecular flexibility index (Phi) is 4.55. The third-order valence-electron chi connectivity index (χ3n) is 2.65. The van der Waals surface area contributed by atoms with Gasteiger partial charge in [-0.3, -0.25) is 4.79 Å². The maximum atomic E-state index is 11.8. The Bertz CT molecular complexity index is 617. The molecule has 1 aromatic heterocycles. The van der Waals surface area contributed by atoms with Gasteiger partial charge in [-0.2, -0.15) is 5.10 Å². The summed E-state index contributed by atoms with van der Waals surface area (Å²) < 4.78 is 10.5. The van der Waals surface area contributed by atoms with Crippen molar-refractivity contribution >= 4 is 12.1 Å². The van der Waals surface area contributed by atoms with Gasteiger partial charge >= 0.3 is 0 Å². The summed E-state index contributed by atoms with van der Waals surface area (Å²) in [5.41, 5.74) is 3.78. The predicted octanol–water partition coefficient (Wildman–Crippen LogP) is 2.75. The molecule has 1 amide bonds. The van der Waals surface area contributed by atoms with Crippen LogP contribution < -0.4 is 10.2 Å². The van der Waals surface area contributed by atoms with E-state index in [0.717, 1.165) is 11.3 Å². The summed E-state index contributed by atoms with van der Waals surface area (Å²) in [6, 6.07) is 9.07. The van der Waals surface area contributed by atoms with Gasteiger partial charge in [0.05, 0.1) is 24.6 Å². The van der Waals surface area contributed by atoms with Gasteiger partial charge < -0.3 is 9.15 Å². The monoisotopic (exact) mass is 272 g/mol. The molecule has 0 saturated heterocycles. The van der Waals surface area contributed by atoms with Crippen LogP contribution in [0.1, 0.15) is 28.6 Å². The number of nitrogens with one attached hydrogen (secondary N) is 1. The molecule has 1 heterocycles. The van der Waals surface area contributed by atoms with Crippen LogP contribution in [-0.4, -0.2) is 18.7 Å². The van der Waals surface area contributed by atoms with E-state index in [9.17, 15) is 4.79 Å². The van der Waals surface area contributed by atoms with E-state index >= 15 is 0 Å². The van der Waals surface area contributed by atoms with Crippen LogP contribution in [-0.2, 0) is 0 Å². The molecule has 1 aromatic carbocycles. The third kappa shape index (κ3) is 3.47. The minimum absolute atomic E-state index is 0.298. The largest absolute Gasteiger partial charge is 0.494 e. The summed E-state index contributed by atoms with van der Waals surface area (Å²) in [4.78, 5) is 11.8. The number of amides is 1. The molecule has 0 aliphatic heterocycles. The molecule has 1 N–H and O–H groups in total. The van der Waals surface area contributed by atoms with E-state index in [4.69, 9.17) is 9.15 Å². The van der Waals surface area contributed by atoms with Crippen LogP contribution >= 0.6 is 0 Å². The highest BCUT2D eigenvalue weighted by Crippen LogP contribution is 2.12. The molecule has 5 heteroatoms.